The van der Waals surface area contributed by atoms with Crippen molar-refractivity contribution < 1.29 is 27.9 Å². The zero-order valence-electron chi connectivity index (χ0n) is 22.2. The van der Waals surface area contributed by atoms with Gasteiger partial charge in [-0.3, -0.25) is 19.0 Å². The predicted octanol–water partition coefficient (Wildman–Crippen LogP) is 4.54. The fourth-order valence-electron chi connectivity index (χ4n) is 4.64. The first kappa shape index (κ1) is 29.3. The van der Waals surface area contributed by atoms with Gasteiger partial charge in [0.05, 0.1) is 28.5 Å². The molecule has 40 heavy (non-hydrogen) atoms. The second-order valence-corrected chi connectivity index (χ2v) is 10.4. The minimum Gasteiger partial charge on any atom is -0.385 e. The summed E-state index contributed by atoms with van der Waals surface area (Å²) in [5.74, 6) is -1.23. The molecule has 0 fully saturated rings. The molecule has 0 saturated heterocycles. The Bertz CT molecular complexity index is 1520. The number of aliphatic hydroxyl groups is 1. The fraction of sp³-hybridized carbons (Fsp3) is 0.357. The summed E-state index contributed by atoms with van der Waals surface area (Å²) in [5, 5.41) is 13.0. The van der Waals surface area contributed by atoms with Crippen molar-refractivity contribution in [1.82, 2.24) is 19.8 Å². The number of hydrogen-bond donors (Lipinski definition) is 2. The number of carbonyl (C=O) groups excluding carboxylic acids is 2. The van der Waals surface area contributed by atoms with E-state index in [2.05, 4.69) is 10.3 Å². The maximum Gasteiger partial charge on any atom is 0.417 e. The lowest BCUT2D eigenvalue weighted by molar-refractivity contribution is -0.137. The number of alkyl halides is 3. The van der Waals surface area contributed by atoms with Gasteiger partial charge in [-0.15, -0.1) is 0 Å². The van der Waals surface area contributed by atoms with Gasteiger partial charge in [-0.05, 0) is 61.7 Å². The minimum atomic E-state index is -4.74. The maximum atomic E-state index is 13.8. The molecule has 2 amide bonds. The number of aromatic nitrogens is 2. The van der Waals surface area contributed by atoms with E-state index in [0.29, 0.717) is 22.9 Å². The molecular formula is C28H28ClF3N4O4. The third-order valence-corrected chi connectivity index (χ3v) is 7.26. The van der Waals surface area contributed by atoms with Crippen molar-refractivity contribution >= 4 is 23.4 Å². The van der Waals surface area contributed by atoms with Crippen LogP contribution in [0.3, 0.4) is 0 Å². The van der Waals surface area contributed by atoms with Crippen molar-refractivity contribution in [1.29, 1.82) is 0 Å². The number of nitrogens with one attached hydrogen (secondary N) is 1. The zero-order valence-corrected chi connectivity index (χ0v) is 23.0. The molecule has 2 atom stereocenters. The monoisotopic (exact) mass is 576 g/mol. The third-order valence-electron chi connectivity index (χ3n) is 6.93. The molecular weight excluding hydrogens is 549 g/mol. The molecule has 0 radical (unpaired) electrons. The van der Waals surface area contributed by atoms with Gasteiger partial charge in [0.15, 0.2) is 0 Å². The van der Waals surface area contributed by atoms with Crippen LogP contribution in [0.1, 0.15) is 70.2 Å². The summed E-state index contributed by atoms with van der Waals surface area (Å²) in [4.78, 5) is 45.1. The summed E-state index contributed by atoms with van der Waals surface area (Å²) in [6, 6.07) is 8.70. The highest BCUT2D eigenvalue weighted by atomic mass is 35.5. The molecule has 8 nitrogen and oxygen atoms in total. The Kier molecular flexibility index (Phi) is 8.09. The van der Waals surface area contributed by atoms with Crippen LogP contribution in [0.15, 0.2) is 47.3 Å². The number of aliphatic hydroxyl groups excluding tert-OH is 1. The summed E-state index contributed by atoms with van der Waals surface area (Å²) in [6.45, 7) is 5.07. The van der Waals surface area contributed by atoms with E-state index in [-0.39, 0.29) is 41.9 Å². The predicted molar refractivity (Wildman–Crippen MR) is 143 cm³/mol. The highest BCUT2D eigenvalue weighted by Gasteiger charge is 2.36. The average molecular weight is 577 g/mol. The molecule has 3 aromatic rings. The number of benzene rings is 2. The van der Waals surface area contributed by atoms with E-state index in [4.69, 9.17) is 11.6 Å². The molecule has 2 N–H and O–H groups in total. The van der Waals surface area contributed by atoms with E-state index in [9.17, 15) is 32.7 Å². The van der Waals surface area contributed by atoms with Gasteiger partial charge in [-0.2, -0.15) is 13.2 Å². The lowest BCUT2D eigenvalue weighted by Gasteiger charge is -2.35. The van der Waals surface area contributed by atoms with Crippen molar-refractivity contribution in [2.24, 2.45) is 5.92 Å². The number of carbonyl (C=O) groups is 2. The lowest BCUT2D eigenvalue weighted by Crippen LogP contribution is -2.46. The van der Waals surface area contributed by atoms with Gasteiger partial charge >= 0.3 is 6.18 Å². The quantitative estimate of drug-likeness (QED) is 0.464. The first-order valence-corrected chi connectivity index (χ1v) is 12.9. The van der Waals surface area contributed by atoms with Crippen molar-refractivity contribution in [2.45, 2.75) is 52.1 Å². The Morgan fingerprint density at radius 3 is 2.33 bits per heavy atom. The number of halogens is 4. The van der Waals surface area contributed by atoms with E-state index in [1.807, 2.05) is 0 Å². The van der Waals surface area contributed by atoms with E-state index in [1.165, 1.54) is 22.6 Å². The summed E-state index contributed by atoms with van der Waals surface area (Å²) in [7, 11) is 1.50. The van der Waals surface area contributed by atoms with Crippen LogP contribution in [-0.2, 0) is 19.1 Å². The average Bonchev–Trinajstić information content (AvgIpc) is 2.91. The van der Waals surface area contributed by atoms with E-state index in [1.54, 1.807) is 45.0 Å². The molecule has 1 aromatic heterocycles. The minimum absolute atomic E-state index is 0.0549. The van der Waals surface area contributed by atoms with Gasteiger partial charge in [0.2, 0.25) is 0 Å². The lowest BCUT2D eigenvalue weighted by atomic mass is 9.97. The van der Waals surface area contributed by atoms with Crippen LogP contribution >= 0.6 is 11.6 Å². The van der Waals surface area contributed by atoms with Crippen LogP contribution in [0, 0.1) is 5.92 Å². The maximum absolute atomic E-state index is 13.8. The molecule has 4 rings (SSSR count). The summed E-state index contributed by atoms with van der Waals surface area (Å²) in [5.41, 5.74) is -0.371. The summed E-state index contributed by atoms with van der Waals surface area (Å²) >= 11 is 5.72. The first-order valence-electron chi connectivity index (χ1n) is 12.6. The van der Waals surface area contributed by atoms with Crippen molar-refractivity contribution in [3.63, 3.8) is 0 Å². The van der Waals surface area contributed by atoms with Gasteiger partial charge < -0.3 is 15.3 Å². The molecule has 1 aliphatic heterocycles. The van der Waals surface area contributed by atoms with Gasteiger partial charge in [-0.1, -0.05) is 25.4 Å². The number of fused-ring (bicyclic) bond motifs is 1. The van der Waals surface area contributed by atoms with E-state index in [0.717, 1.165) is 6.07 Å². The summed E-state index contributed by atoms with van der Waals surface area (Å²) < 4.78 is 41.5. The van der Waals surface area contributed by atoms with Crippen molar-refractivity contribution in [2.75, 3.05) is 7.05 Å². The molecule has 2 heterocycles. The largest absolute Gasteiger partial charge is 0.417 e. The van der Waals surface area contributed by atoms with Crippen LogP contribution in [0.5, 0.6) is 0 Å². The van der Waals surface area contributed by atoms with Crippen LogP contribution in [0.4, 0.5) is 13.2 Å². The van der Waals surface area contributed by atoms with E-state index >= 15 is 0 Å². The SMILES string of the molecule is CNC(=O)c1ccc(-n2c(C(O)C(C)C)nc3c(c2=O)C[C@@H](C)N(C(=O)c2ccc(Cl)c(C(F)(F)F)c2)C3)cc1. The zero-order chi connectivity index (χ0) is 29.5. The molecule has 0 bridgehead atoms. The van der Waals surface area contributed by atoms with Crippen LogP contribution in [0.25, 0.3) is 5.69 Å². The first-order chi connectivity index (χ1) is 18.7. The molecule has 1 aliphatic rings. The molecule has 12 heteroatoms. The fourth-order valence-corrected chi connectivity index (χ4v) is 4.87. The Balaban J connectivity index is 1.78. The van der Waals surface area contributed by atoms with Crippen LogP contribution in [-0.4, -0.2) is 44.5 Å². The summed E-state index contributed by atoms with van der Waals surface area (Å²) in [6.07, 6.45) is -5.78. The van der Waals surface area contributed by atoms with Crippen molar-refractivity contribution in [3.05, 3.63) is 91.6 Å². The Morgan fingerprint density at radius 1 is 1.12 bits per heavy atom. The number of amides is 2. The molecule has 212 valence electrons. The molecule has 1 unspecified atom stereocenters. The van der Waals surface area contributed by atoms with E-state index < -0.39 is 40.4 Å². The van der Waals surface area contributed by atoms with Gasteiger partial charge in [-0.25, -0.2) is 4.98 Å². The topological polar surface area (TPSA) is 105 Å². The van der Waals surface area contributed by atoms with Crippen LogP contribution in [0.2, 0.25) is 5.02 Å². The molecule has 0 saturated carbocycles. The second-order valence-electron chi connectivity index (χ2n) is 10.0. The molecule has 2 aromatic carbocycles. The molecule has 0 aliphatic carbocycles. The molecule has 0 spiro atoms. The number of nitrogens with zero attached hydrogens (tertiary/aromatic N) is 3. The standard InChI is InChI=1S/C28H28ClF3N4O4/c1-14(2)23(37)24-34-22-13-35(26(39)17-7-10-21(29)20(12-17)28(30,31)32)15(3)11-19(22)27(40)36(24)18-8-5-16(6-9-18)25(38)33-4/h5-10,12,14-15,23,37H,11,13H2,1-4H3,(H,33,38)/t15-,23?/m1/s1. The highest BCUT2D eigenvalue weighted by Crippen LogP contribution is 2.36. The number of hydrogen-bond acceptors (Lipinski definition) is 5. The van der Waals surface area contributed by atoms with Crippen LogP contribution < -0.4 is 10.9 Å². The van der Waals surface area contributed by atoms with Gasteiger partial charge in [0.25, 0.3) is 17.4 Å². The Hall–Kier alpha value is -3.70. The smallest absolute Gasteiger partial charge is 0.385 e. The van der Waals surface area contributed by atoms with Gasteiger partial charge in [0, 0.05) is 29.8 Å². The van der Waals surface area contributed by atoms with Crippen molar-refractivity contribution in [3.8, 4) is 5.69 Å². The highest BCUT2D eigenvalue weighted by molar-refractivity contribution is 6.31. The Labute approximate surface area is 233 Å². The normalized spacial score (nSPS) is 16.1. The second kappa shape index (κ2) is 11.1. The van der Waals surface area contributed by atoms with Gasteiger partial charge in [0.1, 0.15) is 11.9 Å². The Morgan fingerprint density at radius 2 is 1.75 bits per heavy atom. The number of rotatable bonds is 5. The third kappa shape index (κ3) is 5.48.